The predicted octanol–water partition coefficient (Wildman–Crippen LogP) is 28.0. The predicted molar refractivity (Wildman–Crippen MR) is 410 cm³/mol. The van der Waals surface area contributed by atoms with E-state index in [9.17, 15) is 4.79 Å². The highest BCUT2D eigenvalue weighted by atomic mass is 16.1. The number of anilines is 3. The van der Waals surface area contributed by atoms with Crippen molar-refractivity contribution in [3.63, 3.8) is 0 Å². The fraction of sp³-hybridized carbons (Fsp3) is 0.424. The molecule has 1 aromatic heterocycles. The Kier molecular flexibility index (Phi) is 23.9. The Morgan fingerprint density at radius 1 is 0.358 bits per heavy atom. The van der Waals surface area contributed by atoms with Crippen molar-refractivity contribution in [2.75, 3.05) is 4.90 Å². The van der Waals surface area contributed by atoms with Gasteiger partial charge in [-0.1, -0.05) is 298 Å². The third-order valence-electron chi connectivity index (χ3n) is 22.0. The summed E-state index contributed by atoms with van der Waals surface area (Å²) < 4.78 is 0. The van der Waals surface area contributed by atoms with Crippen LogP contribution in [0.25, 0.3) is 55.6 Å². The first-order valence-electron chi connectivity index (χ1n) is 38.0. The van der Waals surface area contributed by atoms with Crippen LogP contribution in [-0.4, -0.2) is 10.8 Å². The molecule has 2 aliphatic rings. The van der Waals surface area contributed by atoms with Crippen LogP contribution in [0.2, 0.25) is 0 Å². The summed E-state index contributed by atoms with van der Waals surface area (Å²) >= 11 is 0. The molecule has 3 heteroatoms. The highest BCUT2D eigenvalue weighted by Gasteiger charge is 2.44. The van der Waals surface area contributed by atoms with Crippen molar-refractivity contribution < 1.29 is 4.79 Å². The molecule has 1 heterocycles. The van der Waals surface area contributed by atoms with Gasteiger partial charge in [-0.3, -0.25) is 4.79 Å². The molecule has 1 N–H and O–H groups in total. The van der Waals surface area contributed by atoms with Crippen molar-refractivity contribution in [2.45, 2.75) is 252 Å². The first-order valence-corrected chi connectivity index (χ1v) is 38.0. The molecule has 0 amide bonds. The van der Waals surface area contributed by atoms with Crippen LogP contribution < -0.4 is 4.90 Å². The van der Waals surface area contributed by atoms with Crippen LogP contribution in [0.4, 0.5) is 17.1 Å². The lowest BCUT2D eigenvalue weighted by atomic mass is 9.69. The molecule has 0 saturated carbocycles. The van der Waals surface area contributed by atoms with Gasteiger partial charge < -0.3 is 9.88 Å². The Labute approximate surface area is 574 Å². The molecule has 8 aromatic carbocycles. The summed E-state index contributed by atoms with van der Waals surface area (Å²) in [6.45, 7) is 18.3. The van der Waals surface area contributed by atoms with Crippen LogP contribution in [0.3, 0.4) is 0 Å². The SMILES string of the molecule is CCCCCCCCC1(CCCCCCCC)c2cc(C)ccc2-c2ccc(-c3cc(C(=O)c4ccc[nH]4)cc(-c4ccc5c(c4)C(CCCCCCCC)(CCCCCCCC)c4cc(-c6ccc(N(c7ccc(C)cc7)c7ccc(C(C)C)cc7)cc6)ccc4-5)c3)cc21. The summed E-state index contributed by atoms with van der Waals surface area (Å²) in [5, 5.41) is 0. The summed E-state index contributed by atoms with van der Waals surface area (Å²) in [4.78, 5) is 20.7. The molecular weight excluding hydrogens is 1150 g/mol. The van der Waals surface area contributed by atoms with Crippen LogP contribution in [-0.2, 0) is 10.8 Å². The molecule has 2 aliphatic carbocycles. The van der Waals surface area contributed by atoms with E-state index in [1.165, 1.54) is 245 Å². The number of carbonyl (C=O) groups excluding carboxylic acids is 1. The van der Waals surface area contributed by atoms with Crippen molar-refractivity contribution >= 4 is 22.8 Å². The molecule has 0 spiro atoms. The third kappa shape index (κ3) is 15.8. The summed E-state index contributed by atoms with van der Waals surface area (Å²) in [5.74, 6) is 0.498. The maximum Gasteiger partial charge on any atom is 0.209 e. The molecule has 0 bridgehead atoms. The van der Waals surface area contributed by atoms with Gasteiger partial charge in [-0.05, 0) is 214 Å². The van der Waals surface area contributed by atoms with Gasteiger partial charge in [-0.2, -0.15) is 0 Å². The van der Waals surface area contributed by atoms with E-state index in [1.54, 1.807) is 5.56 Å². The van der Waals surface area contributed by atoms with E-state index < -0.39 is 0 Å². The second-order valence-electron chi connectivity index (χ2n) is 29.2. The molecule has 3 nitrogen and oxygen atoms in total. The number of aryl methyl sites for hydroxylation is 2. The lowest BCUT2D eigenvalue weighted by Crippen LogP contribution is -2.25. The number of rotatable bonds is 37. The van der Waals surface area contributed by atoms with Gasteiger partial charge in [0.1, 0.15) is 0 Å². The van der Waals surface area contributed by atoms with Crippen LogP contribution in [0.5, 0.6) is 0 Å². The molecule has 0 aliphatic heterocycles. The highest BCUT2D eigenvalue weighted by molar-refractivity contribution is 6.09. The molecule has 11 rings (SSSR count). The maximum absolute atomic E-state index is 15.0. The number of ketones is 1. The van der Waals surface area contributed by atoms with Gasteiger partial charge in [0.05, 0.1) is 5.69 Å². The minimum atomic E-state index is -0.167. The Bertz CT molecular complexity index is 3880. The number of benzene rings is 8. The molecule has 0 atom stereocenters. The fourth-order valence-electron chi connectivity index (χ4n) is 16.5. The minimum Gasteiger partial charge on any atom is -0.359 e. The molecule has 0 fully saturated rings. The zero-order valence-electron chi connectivity index (χ0n) is 59.6. The van der Waals surface area contributed by atoms with E-state index in [1.807, 2.05) is 18.3 Å². The smallest absolute Gasteiger partial charge is 0.209 e. The van der Waals surface area contributed by atoms with Gasteiger partial charge in [0.2, 0.25) is 5.78 Å². The summed E-state index contributed by atoms with van der Waals surface area (Å²) in [5.41, 5.74) is 27.2. The number of aromatic amines is 1. The number of hydrogen-bond donors (Lipinski definition) is 1. The monoisotopic (exact) mass is 1260 g/mol. The van der Waals surface area contributed by atoms with Crippen LogP contribution in [0.15, 0.2) is 182 Å². The van der Waals surface area contributed by atoms with E-state index in [0.29, 0.717) is 11.6 Å². The van der Waals surface area contributed by atoms with Gasteiger partial charge >= 0.3 is 0 Å². The van der Waals surface area contributed by atoms with E-state index in [4.69, 9.17) is 0 Å². The lowest BCUT2D eigenvalue weighted by Gasteiger charge is -2.33. The van der Waals surface area contributed by atoms with E-state index in [-0.39, 0.29) is 16.6 Å². The number of unbranched alkanes of at least 4 members (excludes halogenated alkanes) is 20. The van der Waals surface area contributed by atoms with E-state index >= 15 is 0 Å². The van der Waals surface area contributed by atoms with Crippen LogP contribution in [0, 0.1) is 13.8 Å². The number of nitrogens with one attached hydrogen (secondary N) is 1. The van der Waals surface area contributed by atoms with Gasteiger partial charge in [0.25, 0.3) is 0 Å². The minimum absolute atomic E-state index is 0.0282. The van der Waals surface area contributed by atoms with Gasteiger partial charge in [-0.15, -0.1) is 0 Å². The number of aromatic nitrogens is 1. The number of carbonyl (C=O) groups is 1. The van der Waals surface area contributed by atoms with Gasteiger partial charge in [0.15, 0.2) is 0 Å². The van der Waals surface area contributed by atoms with Crippen molar-refractivity contribution in [1.29, 1.82) is 0 Å². The first kappa shape index (κ1) is 68.9. The van der Waals surface area contributed by atoms with Crippen LogP contribution in [0.1, 0.15) is 282 Å². The molecule has 0 radical (unpaired) electrons. The number of fused-ring (bicyclic) bond motifs is 6. The maximum atomic E-state index is 15.0. The fourth-order valence-corrected chi connectivity index (χ4v) is 16.5. The second kappa shape index (κ2) is 33.0. The van der Waals surface area contributed by atoms with Crippen LogP contribution >= 0.6 is 0 Å². The van der Waals surface area contributed by atoms with Crippen molar-refractivity contribution in [2.24, 2.45) is 0 Å². The Hall–Kier alpha value is -7.49. The first-order chi connectivity index (χ1) is 46.5. The lowest BCUT2D eigenvalue weighted by molar-refractivity contribution is 0.103. The average Bonchev–Trinajstić information content (AvgIpc) is 1.57. The summed E-state index contributed by atoms with van der Waals surface area (Å²) in [6, 6.07) is 67.8. The number of hydrogen-bond acceptors (Lipinski definition) is 2. The summed E-state index contributed by atoms with van der Waals surface area (Å²) in [7, 11) is 0. The topological polar surface area (TPSA) is 36.1 Å². The van der Waals surface area contributed by atoms with E-state index in [0.717, 1.165) is 46.6 Å². The van der Waals surface area contributed by atoms with Crippen molar-refractivity contribution in [3.8, 4) is 55.6 Å². The standard InChI is InChI=1S/C92H112N2O/c1-9-13-17-21-25-29-55-91(56-30-26-22-18-14-10-2)85-60-69(8)37-51-81(85)82-53-43-73(65-87(82)91)75-61-76(63-77(62-75)90(95)89-34-33-59-93-89)74-44-54-84-83-52-42-72(64-86(83)92(88(84)66-74,57-31-27-23-19-15-11-3)58-32-28-24-20-16-12-4)71-40-49-80(50-41-71)94(78-45-35-68(7)36-46-78)79-47-38-70(39-48-79)67(5)6/h33-54,59-67,93H,9-32,55-58H2,1-8H3. The third-order valence-corrected chi connectivity index (χ3v) is 22.0. The largest absolute Gasteiger partial charge is 0.359 e. The Balaban J connectivity index is 1.01. The second-order valence-corrected chi connectivity index (χ2v) is 29.2. The van der Waals surface area contributed by atoms with E-state index in [2.05, 4.69) is 229 Å². The molecule has 0 saturated heterocycles. The number of H-pyrrole nitrogens is 1. The average molecular weight is 1260 g/mol. The van der Waals surface area contributed by atoms with Crippen molar-refractivity contribution in [3.05, 3.63) is 232 Å². The van der Waals surface area contributed by atoms with Crippen molar-refractivity contribution in [1.82, 2.24) is 4.98 Å². The molecule has 0 unspecified atom stereocenters. The zero-order chi connectivity index (χ0) is 66.2. The Morgan fingerprint density at radius 2 is 0.705 bits per heavy atom. The molecule has 496 valence electrons. The zero-order valence-corrected chi connectivity index (χ0v) is 59.6. The molecular formula is C92H112N2O. The molecule has 9 aromatic rings. The van der Waals surface area contributed by atoms with Gasteiger partial charge in [-0.25, -0.2) is 0 Å². The Morgan fingerprint density at radius 3 is 1.11 bits per heavy atom. The van der Waals surface area contributed by atoms with Gasteiger partial charge in [0, 0.05) is 39.7 Å². The molecule has 95 heavy (non-hydrogen) atoms. The summed E-state index contributed by atoms with van der Waals surface area (Å²) in [6.07, 6.45) is 37.1. The normalized spacial score (nSPS) is 13.3. The number of nitrogens with zero attached hydrogens (tertiary/aromatic N) is 1. The quantitative estimate of drug-likeness (QED) is 0.0311. The highest BCUT2D eigenvalue weighted by Crippen LogP contribution is 2.58.